The van der Waals surface area contributed by atoms with Gasteiger partial charge in [-0.3, -0.25) is 4.79 Å². The number of nitrogens with one attached hydrogen (secondary N) is 1. The summed E-state index contributed by atoms with van der Waals surface area (Å²) >= 11 is 5.65. The van der Waals surface area contributed by atoms with Crippen molar-refractivity contribution in [2.24, 2.45) is 5.73 Å². The van der Waals surface area contributed by atoms with E-state index in [0.29, 0.717) is 17.5 Å². The first-order valence-electron chi connectivity index (χ1n) is 8.47. The Balaban J connectivity index is 0.000000246. The summed E-state index contributed by atoms with van der Waals surface area (Å²) in [5.74, 6) is 0.249. The molecule has 0 fully saturated rings. The number of pyridine rings is 1. The molecule has 3 nitrogen and oxygen atoms in total. The van der Waals surface area contributed by atoms with Crippen LogP contribution in [0.1, 0.15) is 36.1 Å². The first kappa shape index (κ1) is 20.9. The number of hydrogen-bond donors (Lipinski definition) is 2. The molecule has 3 N–H and O–H groups in total. The van der Waals surface area contributed by atoms with Crippen molar-refractivity contribution < 1.29 is 0 Å². The Kier molecular flexibility index (Phi) is 8.96. The summed E-state index contributed by atoms with van der Waals surface area (Å²) in [4.78, 5) is 14.9. The SMILES string of the molecule is CC.Cc1ccc(CN)cc1.Cc1ccc2[nH]cc(CCl)c(=O)c2c1. The Hall–Kier alpha value is -2.10. The molecule has 0 aliphatic heterocycles. The third kappa shape index (κ3) is 6.04. The van der Waals surface area contributed by atoms with Crippen LogP contribution < -0.4 is 11.2 Å². The van der Waals surface area contributed by atoms with Gasteiger partial charge in [0.2, 0.25) is 0 Å². The van der Waals surface area contributed by atoms with Gasteiger partial charge in [-0.05, 0) is 31.5 Å². The fourth-order valence-corrected chi connectivity index (χ4v) is 2.40. The number of H-pyrrole nitrogens is 1. The molecule has 4 heteroatoms. The van der Waals surface area contributed by atoms with Gasteiger partial charge in [0, 0.05) is 29.2 Å². The second-order valence-corrected chi connectivity index (χ2v) is 5.78. The van der Waals surface area contributed by atoms with E-state index in [-0.39, 0.29) is 11.3 Å². The molecule has 3 rings (SSSR count). The zero-order valence-electron chi connectivity index (χ0n) is 15.4. The Morgan fingerprint density at radius 3 is 2.16 bits per heavy atom. The maximum Gasteiger partial charge on any atom is 0.193 e. The Labute approximate surface area is 154 Å². The fourth-order valence-electron chi connectivity index (χ4n) is 2.20. The third-order valence-corrected chi connectivity index (χ3v) is 3.90. The molecule has 0 saturated carbocycles. The van der Waals surface area contributed by atoms with Gasteiger partial charge in [0.05, 0.1) is 5.88 Å². The summed E-state index contributed by atoms with van der Waals surface area (Å²) in [6.07, 6.45) is 1.67. The van der Waals surface area contributed by atoms with E-state index >= 15 is 0 Å². The van der Waals surface area contributed by atoms with E-state index in [0.717, 1.165) is 11.1 Å². The summed E-state index contributed by atoms with van der Waals surface area (Å²) in [5.41, 5.74) is 10.5. The van der Waals surface area contributed by atoms with E-state index in [9.17, 15) is 4.79 Å². The number of aryl methyl sites for hydroxylation is 2. The first-order valence-corrected chi connectivity index (χ1v) is 9.01. The number of halogens is 1. The van der Waals surface area contributed by atoms with Crippen LogP contribution in [0.5, 0.6) is 0 Å². The van der Waals surface area contributed by atoms with Crippen molar-refractivity contribution in [1.82, 2.24) is 4.98 Å². The lowest BCUT2D eigenvalue weighted by Crippen LogP contribution is -2.08. The van der Waals surface area contributed by atoms with Crippen molar-refractivity contribution in [1.29, 1.82) is 0 Å². The summed E-state index contributed by atoms with van der Waals surface area (Å²) in [6, 6.07) is 14.0. The lowest BCUT2D eigenvalue weighted by Gasteiger charge is -2.01. The van der Waals surface area contributed by atoms with Crippen LogP contribution in [0.25, 0.3) is 10.9 Å². The molecular weight excluding hydrogens is 332 g/mol. The lowest BCUT2D eigenvalue weighted by atomic mass is 10.1. The van der Waals surface area contributed by atoms with E-state index in [1.54, 1.807) is 6.20 Å². The number of hydrogen-bond acceptors (Lipinski definition) is 2. The largest absolute Gasteiger partial charge is 0.361 e. The summed E-state index contributed by atoms with van der Waals surface area (Å²) in [7, 11) is 0. The predicted octanol–water partition coefficient (Wildman–Crippen LogP) is 5.06. The van der Waals surface area contributed by atoms with Gasteiger partial charge in [-0.15, -0.1) is 11.6 Å². The number of aromatic nitrogens is 1. The molecule has 1 heterocycles. The Morgan fingerprint density at radius 2 is 1.60 bits per heavy atom. The van der Waals surface area contributed by atoms with Crippen LogP contribution in [0.4, 0.5) is 0 Å². The Morgan fingerprint density at radius 1 is 1.00 bits per heavy atom. The minimum atomic E-state index is 0.0254. The van der Waals surface area contributed by atoms with Crippen LogP contribution >= 0.6 is 11.6 Å². The molecule has 0 aliphatic rings. The van der Waals surface area contributed by atoms with Gasteiger partial charge in [-0.25, -0.2) is 0 Å². The fraction of sp³-hybridized carbons (Fsp3) is 0.286. The maximum atomic E-state index is 11.8. The molecule has 0 saturated heterocycles. The topological polar surface area (TPSA) is 58.9 Å². The predicted molar refractivity (Wildman–Crippen MR) is 109 cm³/mol. The molecule has 0 unspecified atom stereocenters. The summed E-state index contributed by atoms with van der Waals surface area (Å²) < 4.78 is 0. The number of nitrogens with two attached hydrogens (primary N) is 1. The maximum absolute atomic E-state index is 11.8. The number of rotatable bonds is 2. The van der Waals surface area contributed by atoms with E-state index < -0.39 is 0 Å². The van der Waals surface area contributed by atoms with E-state index in [1.807, 2.05) is 39.0 Å². The summed E-state index contributed by atoms with van der Waals surface area (Å²) in [6.45, 7) is 8.67. The van der Waals surface area contributed by atoms with Crippen molar-refractivity contribution in [2.45, 2.75) is 40.1 Å². The molecule has 0 radical (unpaired) electrons. The first-order chi connectivity index (χ1) is 12.0. The van der Waals surface area contributed by atoms with Gasteiger partial charge in [-0.1, -0.05) is 55.3 Å². The van der Waals surface area contributed by atoms with Gasteiger partial charge in [0.15, 0.2) is 5.43 Å². The molecular formula is C21H27ClN2O. The highest BCUT2D eigenvalue weighted by Gasteiger charge is 2.03. The second kappa shape index (κ2) is 10.7. The van der Waals surface area contributed by atoms with Crippen LogP contribution in [0.15, 0.2) is 53.5 Å². The van der Waals surface area contributed by atoms with Gasteiger partial charge < -0.3 is 10.7 Å². The van der Waals surface area contributed by atoms with Crippen LogP contribution in [-0.2, 0) is 12.4 Å². The minimum absolute atomic E-state index is 0.0254. The molecule has 1 aromatic heterocycles. The molecule has 0 atom stereocenters. The number of alkyl halides is 1. The normalized spacial score (nSPS) is 9.68. The molecule has 0 bridgehead atoms. The lowest BCUT2D eigenvalue weighted by molar-refractivity contribution is 1.07. The van der Waals surface area contributed by atoms with Crippen LogP contribution in [0.3, 0.4) is 0 Å². The average molecular weight is 359 g/mol. The van der Waals surface area contributed by atoms with Crippen molar-refractivity contribution in [3.05, 3.63) is 81.1 Å². The van der Waals surface area contributed by atoms with Crippen molar-refractivity contribution in [3.8, 4) is 0 Å². The highest BCUT2D eigenvalue weighted by atomic mass is 35.5. The smallest absolute Gasteiger partial charge is 0.193 e. The van der Waals surface area contributed by atoms with Crippen molar-refractivity contribution in [2.75, 3.05) is 0 Å². The van der Waals surface area contributed by atoms with Crippen LogP contribution in [-0.4, -0.2) is 4.98 Å². The standard InChI is InChI=1S/C11H10ClNO.C8H11N.C2H6/c1-7-2-3-10-9(4-7)11(14)8(5-12)6-13-10;1-7-2-4-8(6-9)5-3-7;1-2/h2-4,6H,5H2,1H3,(H,13,14);2-5H,6,9H2,1H3;1-2H3. The molecule has 134 valence electrons. The van der Waals surface area contributed by atoms with E-state index in [1.165, 1.54) is 11.1 Å². The zero-order valence-corrected chi connectivity index (χ0v) is 16.2. The van der Waals surface area contributed by atoms with Crippen molar-refractivity contribution in [3.63, 3.8) is 0 Å². The van der Waals surface area contributed by atoms with Gasteiger partial charge in [0.25, 0.3) is 0 Å². The van der Waals surface area contributed by atoms with Gasteiger partial charge in [-0.2, -0.15) is 0 Å². The zero-order chi connectivity index (χ0) is 18.8. The minimum Gasteiger partial charge on any atom is -0.361 e. The molecule has 0 amide bonds. The van der Waals surface area contributed by atoms with Gasteiger partial charge in [0.1, 0.15) is 0 Å². The number of fused-ring (bicyclic) bond motifs is 1. The summed E-state index contributed by atoms with van der Waals surface area (Å²) in [5, 5.41) is 0.711. The van der Waals surface area contributed by atoms with Crippen LogP contribution in [0.2, 0.25) is 0 Å². The molecule has 2 aromatic carbocycles. The van der Waals surface area contributed by atoms with Gasteiger partial charge >= 0.3 is 0 Å². The molecule has 0 spiro atoms. The van der Waals surface area contributed by atoms with Crippen molar-refractivity contribution >= 4 is 22.5 Å². The number of benzene rings is 2. The quantitative estimate of drug-likeness (QED) is 0.629. The second-order valence-electron chi connectivity index (χ2n) is 5.52. The third-order valence-electron chi connectivity index (χ3n) is 3.61. The average Bonchev–Trinajstić information content (AvgIpc) is 2.65. The van der Waals surface area contributed by atoms with Crippen LogP contribution in [0, 0.1) is 13.8 Å². The highest BCUT2D eigenvalue weighted by molar-refractivity contribution is 6.17. The highest BCUT2D eigenvalue weighted by Crippen LogP contribution is 2.11. The molecule has 3 aromatic rings. The monoisotopic (exact) mass is 358 g/mol. The molecule has 25 heavy (non-hydrogen) atoms. The Bertz CT molecular complexity index is 839. The number of aromatic amines is 1. The molecule has 0 aliphatic carbocycles. The van der Waals surface area contributed by atoms with E-state index in [2.05, 4.69) is 36.2 Å². The van der Waals surface area contributed by atoms with E-state index in [4.69, 9.17) is 17.3 Å².